The Kier molecular flexibility index (Phi) is 5.86. The minimum Gasteiger partial charge on any atom is -0.390 e. The number of ether oxygens (including phenoxy) is 1. The molecule has 1 heterocycles. The van der Waals surface area contributed by atoms with Crippen LogP contribution in [-0.4, -0.2) is 37.0 Å². The lowest BCUT2D eigenvalue weighted by Crippen LogP contribution is -2.45. The van der Waals surface area contributed by atoms with E-state index < -0.39 is 0 Å². The first-order chi connectivity index (χ1) is 4.84. The first-order valence-corrected chi connectivity index (χ1v) is 3.85. The predicted octanol–water partition coefficient (Wildman–Crippen LogP) is 0.167. The summed E-state index contributed by atoms with van der Waals surface area (Å²) >= 11 is 0. The van der Waals surface area contributed by atoms with Crippen LogP contribution in [0.15, 0.2) is 0 Å². The van der Waals surface area contributed by atoms with Crippen molar-refractivity contribution in [1.82, 2.24) is 5.32 Å². The van der Waals surface area contributed by atoms with Gasteiger partial charge in [0.2, 0.25) is 0 Å². The number of hydrogen-bond acceptors (Lipinski definition) is 3. The Bertz CT molecular complexity index is 100. The molecule has 1 saturated heterocycles. The van der Waals surface area contributed by atoms with Crippen molar-refractivity contribution >= 4 is 12.4 Å². The first kappa shape index (κ1) is 11.2. The Hall–Kier alpha value is 0.170. The van der Waals surface area contributed by atoms with E-state index in [0.29, 0.717) is 6.61 Å². The highest BCUT2D eigenvalue weighted by Gasteiger charge is 2.22. The zero-order chi connectivity index (χ0) is 7.40. The van der Waals surface area contributed by atoms with Crippen molar-refractivity contribution < 1.29 is 9.84 Å². The molecule has 0 amide bonds. The van der Waals surface area contributed by atoms with Crippen molar-refractivity contribution in [1.29, 1.82) is 0 Å². The zero-order valence-electron chi connectivity index (χ0n) is 6.75. The van der Waals surface area contributed by atoms with Gasteiger partial charge in [0, 0.05) is 13.2 Å². The van der Waals surface area contributed by atoms with E-state index in [2.05, 4.69) is 5.32 Å². The summed E-state index contributed by atoms with van der Waals surface area (Å²) in [6.45, 7) is 4.32. The number of nitrogens with one attached hydrogen (secondary N) is 1. The number of aliphatic hydroxyl groups excluding tert-OH is 1. The second kappa shape index (κ2) is 5.77. The fourth-order valence-corrected chi connectivity index (χ4v) is 1.20. The molecular weight excluding hydrogens is 166 g/mol. The van der Waals surface area contributed by atoms with Crippen LogP contribution in [-0.2, 0) is 4.74 Å². The molecule has 1 rings (SSSR count). The number of aliphatic hydroxyl groups is 1. The summed E-state index contributed by atoms with van der Waals surface area (Å²) in [5, 5.41) is 12.5. The average Bonchev–Trinajstić information content (AvgIpc) is 1.94. The smallest absolute Gasteiger partial charge is 0.0958 e. The molecule has 0 spiro atoms. The van der Waals surface area contributed by atoms with Gasteiger partial charge in [0.1, 0.15) is 0 Å². The van der Waals surface area contributed by atoms with Crippen LogP contribution >= 0.6 is 12.4 Å². The summed E-state index contributed by atoms with van der Waals surface area (Å²) in [7, 11) is 0. The van der Waals surface area contributed by atoms with Crippen LogP contribution in [0.4, 0.5) is 0 Å². The van der Waals surface area contributed by atoms with Gasteiger partial charge in [-0.2, -0.15) is 0 Å². The molecule has 0 aliphatic carbocycles. The molecule has 0 aromatic carbocycles. The SMILES string of the molecule is CCO[C@@H]1CNCC[C@@H]1O.Cl. The Balaban J connectivity index is 0.000001000. The van der Waals surface area contributed by atoms with Gasteiger partial charge in [-0.25, -0.2) is 0 Å². The van der Waals surface area contributed by atoms with E-state index in [1.807, 2.05) is 6.92 Å². The van der Waals surface area contributed by atoms with Crippen LogP contribution < -0.4 is 5.32 Å². The molecule has 0 saturated carbocycles. The van der Waals surface area contributed by atoms with E-state index in [0.717, 1.165) is 19.5 Å². The summed E-state index contributed by atoms with van der Waals surface area (Å²) in [4.78, 5) is 0. The normalized spacial score (nSPS) is 31.1. The van der Waals surface area contributed by atoms with E-state index in [9.17, 15) is 5.11 Å². The van der Waals surface area contributed by atoms with E-state index in [-0.39, 0.29) is 24.6 Å². The van der Waals surface area contributed by atoms with E-state index in [1.54, 1.807) is 0 Å². The van der Waals surface area contributed by atoms with E-state index in [1.165, 1.54) is 0 Å². The lowest BCUT2D eigenvalue weighted by atomic mass is 10.1. The van der Waals surface area contributed by atoms with Crippen LogP contribution in [0.3, 0.4) is 0 Å². The summed E-state index contributed by atoms with van der Waals surface area (Å²) in [5.74, 6) is 0. The molecule has 2 N–H and O–H groups in total. The molecule has 4 heteroatoms. The summed E-state index contributed by atoms with van der Waals surface area (Å²) < 4.78 is 5.28. The largest absolute Gasteiger partial charge is 0.390 e. The highest BCUT2D eigenvalue weighted by atomic mass is 35.5. The molecule has 2 atom stereocenters. The Labute approximate surface area is 73.5 Å². The fourth-order valence-electron chi connectivity index (χ4n) is 1.20. The Morgan fingerprint density at radius 3 is 2.91 bits per heavy atom. The third-order valence-electron chi connectivity index (χ3n) is 1.77. The van der Waals surface area contributed by atoms with Gasteiger partial charge in [0.05, 0.1) is 12.2 Å². The number of rotatable bonds is 2. The van der Waals surface area contributed by atoms with E-state index >= 15 is 0 Å². The summed E-state index contributed by atoms with van der Waals surface area (Å²) in [5.41, 5.74) is 0. The van der Waals surface area contributed by atoms with Crippen LogP contribution in [0.2, 0.25) is 0 Å². The van der Waals surface area contributed by atoms with Gasteiger partial charge in [0.15, 0.2) is 0 Å². The maximum atomic E-state index is 9.34. The van der Waals surface area contributed by atoms with Crippen LogP contribution in [0.5, 0.6) is 0 Å². The third kappa shape index (κ3) is 3.38. The average molecular weight is 182 g/mol. The minimum absolute atomic E-state index is 0. The quantitative estimate of drug-likeness (QED) is 0.638. The summed E-state index contributed by atoms with van der Waals surface area (Å²) in [6.07, 6.45) is 0.560. The Morgan fingerprint density at radius 2 is 2.36 bits per heavy atom. The van der Waals surface area contributed by atoms with Crippen LogP contribution in [0.1, 0.15) is 13.3 Å². The van der Waals surface area contributed by atoms with Gasteiger partial charge >= 0.3 is 0 Å². The van der Waals surface area contributed by atoms with E-state index in [4.69, 9.17) is 4.74 Å². The number of piperidine rings is 1. The molecule has 0 aromatic heterocycles. The molecule has 3 nitrogen and oxygen atoms in total. The van der Waals surface area contributed by atoms with Gasteiger partial charge in [-0.05, 0) is 19.9 Å². The number of hydrogen-bond donors (Lipinski definition) is 2. The third-order valence-corrected chi connectivity index (χ3v) is 1.77. The minimum atomic E-state index is -0.263. The standard InChI is InChI=1S/C7H15NO2.ClH/c1-2-10-7-5-8-4-3-6(7)9;/h6-9H,2-5H2,1H3;1H/t6-,7+;/m0./s1. The van der Waals surface area contributed by atoms with Gasteiger partial charge in [-0.3, -0.25) is 0 Å². The van der Waals surface area contributed by atoms with Crippen LogP contribution in [0, 0.1) is 0 Å². The second-order valence-electron chi connectivity index (χ2n) is 2.55. The predicted molar refractivity (Wildman–Crippen MR) is 46.2 cm³/mol. The lowest BCUT2D eigenvalue weighted by molar-refractivity contribution is -0.0460. The monoisotopic (exact) mass is 181 g/mol. The highest BCUT2D eigenvalue weighted by molar-refractivity contribution is 5.85. The second-order valence-corrected chi connectivity index (χ2v) is 2.55. The van der Waals surface area contributed by atoms with Crippen molar-refractivity contribution in [3.8, 4) is 0 Å². The summed E-state index contributed by atoms with van der Waals surface area (Å²) in [6, 6.07) is 0. The molecule has 0 radical (unpaired) electrons. The zero-order valence-corrected chi connectivity index (χ0v) is 7.56. The number of halogens is 1. The van der Waals surface area contributed by atoms with Crippen molar-refractivity contribution in [2.45, 2.75) is 25.6 Å². The molecule has 68 valence electrons. The lowest BCUT2D eigenvalue weighted by Gasteiger charge is -2.27. The van der Waals surface area contributed by atoms with Crippen molar-refractivity contribution in [2.75, 3.05) is 19.7 Å². The maximum Gasteiger partial charge on any atom is 0.0958 e. The first-order valence-electron chi connectivity index (χ1n) is 3.85. The topological polar surface area (TPSA) is 41.5 Å². The van der Waals surface area contributed by atoms with Crippen molar-refractivity contribution in [2.24, 2.45) is 0 Å². The molecule has 1 aliphatic rings. The molecule has 1 fully saturated rings. The Morgan fingerprint density at radius 1 is 1.64 bits per heavy atom. The van der Waals surface area contributed by atoms with Gasteiger partial charge in [0.25, 0.3) is 0 Å². The van der Waals surface area contributed by atoms with Crippen molar-refractivity contribution in [3.05, 3.63) is 0 Å². The molecule has 0 unspecified atom stereocenters. The highest BCUT2D eigenvalue weighted by Crippen LogP contribution is 2.06. The molecule has 0 bridgehead atoms. The molecular formula is C7H16ClNO2. The molecule has 0 aromatic rings. The maximum absolute atomic E-state index is 9.34. The molecule has 1 aliphatic heterocycles. The van der Waals surface area contributed by atoms with Gasteiger partial charge in [-0.1, -0.05) is 0 Å². The van der Waals surface area contributed by atoms with Crippen LogP contribution in [0.25, 0.3) is 0 Å². The molecule has 11 heavy (non-hydrogen) atoms. The van der Waals surface area contributed by atoms with Gasteiger partial charge in [-0.15, -0.1) is 12.4 Å². The van der Waals surface area contributed by atoms with Gasteiger partial charge < -0.3 is 15.2 Å². The van der Waals surface area contributed by atoms with Crippen molar-refractivity contribution in [3.63, 3.8) is 0 Å². The fraction of sp³-hybridized carbons (Fsp3) is 1.00.